The Hall–Kier alpha value is -2.22. The van der Waals surface area contributed by atoms with Crippen molar-refractivity contribution < 1.29 is 38.8 Å². The molecule has 36 heavy (non-hydrogen) atoms. The molecule has 0 bridgehead atoms. The third-order valence-electron chi connectivity index (χ3n) is 5.66. The lowest BCUT2D eigenvalue weighted by atomic mass is 9.88. The maximum Gasteiger partial charge on any atom is 0.247 e. The van der Waals surface area contributed by atoms with E-state index in [0.29, 0.717) is 52.1 Å². The number of nitrogens with one attached hydrogen (secondary N) is 1. The fraction of sp³-hybridized carbons (Fsp3) is 0.560. The molecule has 0 heterocycles. The molecule has 10 nitrogen and oxygen atoms in total. The first kappa shape index (κ1) is 30.0. The molecule has 1 aromatic carbocycles. The molecule has 2 rings (SSSR count). The molecule has 0 saturated carbocycles. The number of nitrogens with zero attached hydrogens (tertiary/aromatic N) is 1. The van der Waals surface area contributed by atoms with Gasteiger partial charge in [0, 0.05) is 44.2 Å². The molecule has 0 radical (unpaired) electrons. The van der Waals surface area contributed by atoms with E-state index in [0.717, 1.165) is 0 Å². The highest BCUT2D eigenvalue weighted by Crippen LogP contribution is 2.36. The van der Waals surface area contributed by atoms with Crippen LogP contribution in [0, 0.1) is 3.57 Å². The van der Waals surface area contributed by atoms with Gasteiger partial charge in [0.25, 0.3) is 0 Å². The lowest BCUT2D eigenvalue weighted by molar-refractivity contribution is -0.136. The van der Waals surface area contributed by atoms with Crippen LogP contribution in [0.2, 0.25) is 0 Å². The first-order valence-corrected chi connectivity index (χ1v) is 12.9. The molecule has 200 valence electrons. The zero-order valence-corrected chi connectivity index (χ0v) is 23.2. The molecule has 0 aromatic heterocycles. The standard InChI is InChI=1S/C25H35IN2O8/c1-15(2)35-9-5-7-28(16(3)31)20-12-18(25(33)27-6-8-29)13-21(23(20)32)36-24-19(26)10-17(14-30)11-22(24)34-4/h10-11,13-15,20-21,23,29,32H,5-9,12H2,1-4H3,(H,27,33)/t20-,21+,23+/m1/s1. The number of ether oxygens (including phenoxy) is 3. The van der Waals surface area contributed by atoms with Crippen LogP contribution in [0.1, 0.15) is 44.0 Å². The Labute approximate surface area is 225 Å². The molecule has 0 saturated heterocycles. The smallest absolute Gasteiger partial charge is 0.247 e. The molecule has 0 aliphatic heterocycles. The van der Waals surface area contributed by atoms with Crippen LogP contribution in [-0.2, 0) is 14.3 Å². The third-order valence-corrected chi connectivity index (χ3v) is 6.46. The Bertz CT molecular complexity index is 952. The van der Waals surface area contributed by atoms with E-state index in [2.05, 4.69) is 5.32 Å². The first-order valence-electron chi connectivity index (χ1n) is 11.8. The van der Waals surface area contributed by atoms with Gasteiger partial charge in [-0.2, -0.15) is 0 Å². The largest absolute Gasteiger partial charge is 0.493 e. The van der Waals surface area contributed by atoms with Gasteiger partial charge in [-0.3, -0.25) is 14.4 Å². The van der Waals surface area contributed by atoms with Gasteiger partial charge in [0.2, 0.25) is 11.8 Å². The Kier molecular flexibility index (Phi) is 12.1. The molecular formula is C25H35IN2O8. The first-order chi connectivity index (χ1) is 17.1. The number of carbonyl (C=O) groups is 3. The molecule has 3 atom stereocenters. The van der Waals surface area contributed by atoms with Crippen molar-refractivity contribution >= 4 is 40.7 Å². The van der Waals surface area contributed by atoms with Crippen molar-refractivity contribution in [3.63, 3.8) is 0 Å². The number of aliphatic hydroxyl groups excluding tert-OH is 2. The Morgan fingerprint density at radius 1 is 1.33 bits per heavy atom. The van der Waals surface area contributed by atoms with Crippen LogP contribution in [0.4, 0.5) is 0 Å². The van der Waals surface area contributed by atoms with Gasteiger partial charge in [0.1, 0.15) is 18.5 Å². The van der Waals surface area contributed by atoms with Crippen LogP contribution in [0.15, 0.2) is 23.8 Å². The van der Waals surface area contributed by atoms with Crippen LogP contribution in [0.5, 0.6) is 11.5 Å². The van der Waals surface area contributed by atoms with Gasteiger partial charge in [0.15, 0.2) is 11.5 Å². The molecule has 1 aliphatic carbocycles. The SMILES string of the molecule is COc1cc(C=O)cc(I)c1O[C@H]1C=C(C(=O)NCCO)C[C@@H](N(CCCOC(C)C)C(C)=O)[C@@H]1O. The number of aldehydes is 1. The van der Waals surface area contributed by atoms with E-state index in [-0.39, 0.29) is 31.6 Å². The number of rotatable bonds is 13. The minimum Gasteiger partial charge on any atom is -0.493 e. The average molecular weight is 618 g/mol. The monoisotopic (exact) mass is 618 g/mol. The number of methoxy groups -OCH3 is 1. The summed E-state index contributed by atoms with van der Waals surface area (Å²) in [6.45, 7) is 5.89. The van der Waals surface area contributed by atoms with Crippen molar-refractivity contribution in [2.24, 2.45) is 0 Å². The maximum absolute atomic E-state index is 12.8. The third kappa shape index (κ3) is 8.15. The van der Waals surface area contributed by atoms with Crippen molar-refractivity contribution in [1.29, 1.82) is 0 Å². The average Bonchev–Trinajstić information content (AvgIpc) is 2.84. The summed E-state index contributed by atoms with van der Waals surface area (Å²) in [6.07, 6.45) is 0.802. The normalized spacial score (nSPS) is 19.4. The molecule has 0 fully saturated rings. The number of amides is 2. The number of hydrogen-bond donors (Lipinski definition) is 3. The lowest BCUT2D eigenvalue weighted by Crippen LogP contribution is -2.55. The molecule has 0 spiro atoms. The highest BCUT2D eigenvalue weighted by atomic mass is 127. The van der Waals surface area contributed by atoms with Gasteiger partial charge in [-0.25, -0.2) is 0 Å². The van der Waals surface area contributed by atoms with E-state index in [1.807, 2.05) is 36.4 Å². The number of aliphatic hydroxyl groups is 2. The van der Waals surface area contributed by atoms with E-state index in [9.17, 15) is 19.5 Å². The second-order valence-corrected chi connectivity index (χ2v) is 9.82. The Morgan fingerprint density at radius 2 is 2.06 bits per heavy atom. The fourth-order valence-corrected chi connectivity index (χ4v) is 4.70. The Morgan fingerprint density at radius 3 is 2.64 bits per heavy atom. The van der Waals surface area contributed by atoms with Crippen LogP contribution in [-0.4, -0.2) is 91.0 Å². The van der Waals surface area contributed by atoms with Gasteiger partial charge in [-0.05, 0) is 61.1 Å². The summed E-state index contributed by atoms with van der Waals surface area (Å²) in [5.41, 5.74) is 0.726. The van der Waals surface area contributed by atoms with Crippen LogP contribution >= 0.6 is 22.6 Å². The predicted molar refractivity (Wildman–Crippen MR) is 141 cm³/mol. The number of benzene rings is 1. The van der Waals surface area contributed by atoms with Crippen LogP contribution in [0.25, 0.3) is 0 Å². The minimum absolute atomic E-state index is 0.0571. The molecule has 0 unspecified atom stereocenters. The van der Waals surface area contributed by atoms with E-state index >= 15 is 0 Å². The maximum atomic E-state index is 12.8. The summed E-state index contributed by atoms with van der Waals surface area (Å²) < 4.78 is 17.7. The summed E-state index contributed by atoms with van der Waals surface area (Å²) in [7, 11) is 1.44. The second-order valence-electron chi connectivity index (χ2n) is 8.65. The van der Waals surface area contributed by atoms with E-state index in [1.54, 1.807) is 6.07 Å². The number of hydrogen-bond acceptors (Lipinski definition) is 8. The van der Waals surface area contributed by atoms with Crippen LogP contribution < -0.4 is 14.8 Å². The molecule has 1 aliphatic rings. The molecule has 11 heteroatoms. The van der Waals surface area contributed by atoms with Gasteiger partial charge < -0.3 is 34.6 Å². The van der Waals surface area contributed by atoms with Crippen molar-refractivity contribution in [1.82, 2.24) is 10.2 Å². The van der Waals surface area contributed by atoms with Gasteiger partial charge in [-0.1, -0.05) is 0 Å². The van der Waals surface area contributed by atoms with Gasteiger partial charge in [-0.15, -0.1) is 0 Å². The summed E-state index contributed by atoms with van der Waals surface area (Å²) in [5, 5.41) is 23.0. The quantitative estimate of drug-likeness (QED) is 0.173. The van der Waals surface area contributed by atoms with Gasteiger partial charge in [0.05, 0.1) is 29.4 Å². The molecule has 1 aromatic rings. The van der Waals surface area contributed by atoms with Crippen molar-refractivity contribution in [3.8, 4) is 11.5 Å². The minimum atomic E-state index is -1.15. The summed E-state index contributed by atoms with van der Waals surface area (Å²) >= 11 is 2.00. The number of halogens is 1. The number of carbonyl (C=O) groups excluding carboxylic acids is 3. The van der Waals surface area contributed by atoms with E-state index in [4.69, 9.17) is 19.3 Å². The summed E-state index contributed by atoms with van der Waals surface area (Å²) in [6, 6.07) is 2.41. The zero-order chi connectivity index (χ0) is 26.8. The van der Waals surface area contributed by atoms with Crippen LogP contribution in [0.3, 0.4) is 0 Å². The summed E-state index contributed by atoms with van der Waals surface area (Å²) in [5.74, 6) is -0.0623. The van der Waals surface area contributed by atoms with Crippen molar-refractivity contribution in [3.05, 3.63) is 32.9 Å². The highest BCUT2D eigenvalue weighted by molar-refractivity contribution is 14.1. The van der Waals surface area contributed by atoms with E-state index < -0.39 is 24.2 Å². The molecule has 3 N–H and O–H groups in total. The lowest BCUT2D eigenvalue weighted by Gasteiger charge is -2.40. The van der Waals surface area contributed by atoms with E-state index in [1.165, 1.54) is 31.1 Å². The second kappa shape index (κ2) is 14.5. The molecule has 2 amide bonds. The van der Waals surface area contributed by atoms with Crippen molar-refractivity contribution in [2.75, 3.05) is 33.4 Å². The fourth-order valence-electron chi connectivity index (χ4n) is 3.95. The topological polar surface area (TPSA) is 135 Å². The van der Waals surface area contributed by atoms with Gasteiger partial charge >= 0.3 is 0 Å². The van der Waals surface area contributed by atoms with Crippen molar-refractivity contribution in [2.45, 2.75) is 58.0 Å². The highest BCUT2D eigenvalue weighted by Gasteiger charge is 2.40. The molecular weight excluding hydrogens is 583 g/mol. The Balaban J connectivity index is 2.39. The zero-order valence-electron chi connectivity index (χ0n) is 21.0. The predicted octanol–water partition coefficient (Wildman–Crippen LogP) is 1.69. The summed E-state index contributed by atoms with van der Waals surface area (Å²) in [4.78, 5) is 38.2.